The van der Waals surface area contributed by atoms with E-state index in [4.69, 9.17) is 4.74 Å². The van der Waals surface area contributed by atoms with Crippen molar-refractivity contribution in [3.8, 4) is 5.75 Å². The monoisotopic (exact) mass is 481 g/mol. The lowest BCUT2D eigenvalue weighted by Crippen LogP contribution is -2.41. The van der Waals surface area contributed by atoms with Gasteiger partial charge in [-0.05, 0) is 25.8 Å². The van der Waals surface area contributed by atoms with Crippen molar-refractivity contribution < 1.29 is 18.3 Å². The molecule has 0 aliphatic carbocycles. The van der Waals surface area contributed by atoms with E-state index in [1.165, 1.54) is 0 Å². The molecule has 1 spiro atoms. The van der Waals surface area contributed by atoms with E-state index in [1.807, 2.05) is 6.92 Å². The van der Waals surface area contributed by atoms with Gasteiger partial charge in [0.1, 0.15) is 5.75 Å². The zero-order chi connectivity index (χ0) is 17.7. The lowest BCUT2D eigenvalue weighted by Gasteiger charge is -2.25. The Morgan fingerprint density at radius 1 is 1.38 bits per heavy atom. The number of alkyl halides is 2. The van der Waals surface area contributed by atoms with Gasteiger partial charge in [-0.25, -0.2) is 4.99 Å². The third-order valence-corrected chi connectivity index (χ3v) is 4.85. The van der Waals surface area contributed by atoms with E-state index in [0.29, 0.717) is 12.1 Å². The lowest BCUT2D eigenvalue weighted by atomic mass is 9.87. The van der Waals surface area contributed by atoms with Crippen LogP contribution in [0.3, 0.4) is 0 Å². The average Bonchev–Trinajstić information content (AvgIpc) is 3.22. The molecule has 1 N–H and O–H groups in total. The highest BCUT2D eigenvalue weighted by Crippen LogP contribution is 2.38. The summed E-state index contributed by atoms with van der Waals surface area (Å²) < 4.78 is 35.3. The molecule has 5 nitrogen and oxygen atoms in total. The first-order chi connectivity index (χ1) is 12.1. The molecule has 1 atom stereocenters. The van der Waals surface area contributed by atoms with Crippen molar-refractivity contribution in [1.29, 1.82) is 0 Å². The normalized spacial score (nSPS) is 22.8. The van der Waals surface area contributed by atoms with Crippen molar-refractivity contribution in [2.75, 3.05) is 32.8 Å². The Hall–Kier alpha value is -1.16. The van der Waals surface area contributed by atoms with E-state index >= 15 is 0 Å². The summed E-state index contributed by atoms with van der Waals surface area (Å²) in [6.07, 6.45) is 2.19. The van der Waals surface area contributed by atoms with Crippen molar-refractivity contribution in [2.45, 2.75) is 32.9 Å². The van der Waals surface area contributed by atoms with Crippen LogP contribution in [0.1, 0.15) is 25.3 Å². The number of hydrogen-bond acceptors (Lipinski definition) is 3. The second-order valence-electron chi connectivity index (χ2n) is 6.63. The molecule has 0 radical (unpaired) electrons. The van der Waals surface area contributed by atoms with Crippen LogP contribution in [0.5, 0.6) is 5.75 Å². The van der Waals surface area contributed by atoms with Crippen LogP contribution < -0.4 is 10.1 Å². The van der Waals surface area contributed by atoms with Gasteiger partial charge in [-0.3, -0.25) is 0 Å². The molecule has 0 bridgehead atoms. The summed E-state index contributed by atoms with van der Waals surface area (Å²) in [6, 6.07) is 6.79. The molecule has 2 fully saturated rings. The van der Waals surface area contributed by atoms with Gasteiger partial charge in [0.2, 0.25) is 0 Å². The predicted octanol–water partition coefficient (Wildman–Crippen LogP) is 3.48. The summed E-state index contributed by atoms with van der Waals surface area (Å²) in [5.41, 5.74) is 0.892. The van der Waals surface area contributed by atoms with Crippen molar-refractivity contribution in [3.05, 3.63) is 29.8 Å². The van der Waals surface area contributed by atoms with Crippen molar-refractivity contribution in [1.82, 2.24) is 10.2 Å². The van der Waals surface area contributed by atoms with E-state index < -0.39 is 6.61 Å². The number of halogens is 3. The minimum Gasteiger partial charge on any atom is -0.434 e. The molecule has 2 aliphatic rings. The number of para-hydroxylation sites is 1. The number of nitrogens with one attached hydrogen (secondary N) is 1. The standard InChI is InChI=1S/C18H25F2N3O2.HI/c1-2-21-17(23-9-7-18(12-23)8-10-24-13-18)22-11-14-5-3-4-6-15(14)25-16(19)20;/h3-6,16H,2,7-13H2,1H3,(H,21,22);1H. The fourth-order valence-corrected chi connectivity index (χ4v) is 3.52. The lowest BCUT2D eigenvalue weighted by molar-refractivity contribution is -0.0504. The van der Waals surface area contributed by atoms with Crippen LogP contribution in [0.15, 0.2) is 29.3 Å². The molecule has 2 aliphatic heterocycles. The Bertz CT molecular complexity index is 610. The van der Waals surface area contributed by atoms with Gasteiger partial charge in [-0.2, -0.15) is 8.78 Å². The molecule has 3 rings (SSSR count). The molecular formula is C18H26F2IN3O2. The molecule has 1 unspecified atom stereocenters. The number of hydrogen-bond donors (Lipinski definition) is 1. The van der Waals surface area contributed by atoms with E-state index in [2.05, 4.69) is 19.9 Å². The third kappa shape index (κ3) is 5.18. The van der Waals surface area contributed by atoms with Crippen molar-refractivity contribution in [2.24, 2.45) is 10.4 Å². The first-order valence-electron chi connectivity index (χ1n) is 8.76. The molecular weight excluding hydrogens is 455 g/mol. The predicted molar refractivity (Wildman–Crippen MR) is 107 cm³/mol. The molecule has 2 saturated heterocycles. The molecule has 1 aromatic rings. The number of ether oxygens (including phenoxy) is 2. The van der Waals surface area contributed by atoms with Crippen LogP contribution in [0.4, 0.5) is 8.78 Å². The zero-order valence-electron chi connectivity index (χ0n) is 14.9. The number of aliphatic imine (C=N–C) groups is 1. The number of nitrogens with zero attached hydrogens (tertiary/aromatic N) is 2. The molecule has 1 aromatic carbocycles. The topological polar surface area (TPSA) is 46.1 Å². The summed E-state index contributed by atoms with van der Waals surface area (Å²) in [5.74, 6) is 0.998. The van der Waals surface area contributed by atoms with Crippen LogP contribution in [0, 0.1) is 5.41 Å². The highest BCUT2D eigenvalue weighted by molar-refractivity contribution is 14.0. The maximum Gasteiger partial charge on any atom is 0.387 e. The third-order valence-electron chi connectivity index (χ3n) is 4.85. The summed E-state index contributed by atoms with van der Waals surface area (Å²) >= 11 is 0. The summed E-state index contributed by atoms with van der Waals surface area (Å²) in [7, 11) is 0. The summed E-state index contributed by atoms with van der Waals surface area (Å²) in [6.45, 7) is 3.75. The fourth-order valence-electron chi connectivity index (χ4n) is 3.52. The second kappa shape index (κ2) is 9.68. The molecule has 0 amide bonds. The van der Waals surface area contributed by atoms with E-state index in [0.717, 1.165) is 51.6 Å². The smallest absolute Gasteiger partial charge is 0.387 e. The number of likely N-dealkylation sites (tertiary alicyclic amines) is 1. The molecule has 8 heteroatoms. The van der Waals surface area contributed by atoms with E-state index in [1.54, 1.807) is 24.3 Å². The van der Waals surface area contributed by atoms with Gasteiger partial charge in [0.05, 0.1) is 13.2 Å². The molecule has 0 saturated carbocycles. The molecule has 146 valence electrons. The fraction of sp³-hybridized carbons (Fsp3) is 0.611. The summed E-state index contributed by atoms with van der Waals surface area (Å²) in [4.78, 5) is 6.90. The van der Waals surface area contributed by atoms with Crippen LogP contribution >= 0.6 is 24.0 Å². The molecule has 2 heterocycles. The highest BCUT2D eigenvalue weighted by atomic mass is 127. The minimum atomic E-state index is -2.83. The van der Waals surface area contributed by atoms with Gasteiger partial charge < -0.3 is 19.7 Å². The van der Waals surface area contributed by atoms with Gasteiger partial charge in [0, 0.05) is 37.2 Å². The Morgan fingerprint density at radius 2 is 2.19 bits per heavy atom. The number of rotatable bonds is 5. The Labute approximate surface area is 170 Å². The van der Waals surface area contributed by atoms with Gasteiger partial charge in [0.25, 0.3) is 0 Å². The summed E-state index contributed by atoms with van der Waals surface area (Å²) in [5, 5.41) is 3.31. The van der Waals surface area contributed by atoms with Crippen LogP contribution in [-0.2, 0) is 11.3 Å². The molecule has 0 aromatic heterocycles. The van der Waals surface area contributed by atoms with Gasteiger partial charge in [-0.15, -0.1) is 24.0 Å². The Kier molecular flexibility index (Phi) is 7.87. The van der Waals surface area contributed by atoms with Gasteiger partial charge in [0.15, 0.2) is 5.96 Å². The largest absolute Gasteiger partial charge is 0.434 e. The van der Waals surface area contributed by atoms with Crippen LogP contribution in [-0.4, -0.2) is 50.3 Å². The van der Waals surface area contributed by atoms with Gasteiger partial charge in [-0.1, -0.05) is 18.2 Å². The van der Waals surface area contributed by atoms with Crippen LogP contribution in [0.2, 0.25) is 0 Å². The maximum absolute atomic E-state index is 12.5. The second-order valence-corrected chi connectivity index (χ2v) is 6.63. The van der Waals surface area contributed by atoms with E-state index in [-0.39, 0.29) is 35.1 Å². The first-order valence-corrected chi connectivity index (χ1v) is 8.76. The average molecular weight is 481 g/mol. The van der Waals surface area contributed by atoms with E-state index in [9.17, 15) is 8.78 Å². The Morgan fingerprint density at radius 3 is 2.88 bits per heavy atom. The SMILES string of the molecule is CCNC(=NCc1ccccc1OC(F)F)N1CCC2(CCOC2)C1.I. The van der Waals surface area contributed by atoms with Crippen LogP contribution in [0.25, 0.3) is 0 Å². The zero-order valence-corrected chi connectivity index (χ0v) is 17.2. The quantitative estimate of drug-likeness (QED) is 0.398. The number of benzene rings is 1. The first kappa shape index (κ1) is 21.1. The van der Waals surface area contributed by atoms with Gasteiger partial charge >= 0.3 is 6.61 Å². The molecule has 26 heavy (non-hydrogen) atoms. The highest BCUT2D eigenvalue weighted by Gasteiger charge is 2.42. The maximum atomic E-state index is 12.5. The Balaban J connectivity index is 0.00000243. The van der Waals surface area contributed by atoms with Crippen molar-refractivity contribution in [3.63, 3.8) is 0 Å². The number of guanidine groups is 1. The minimum absolute atomic E-state index is 0. The van der Waals surface area contributed by atoms with Crippen molar-refractivity contribution >= 4 is 29.9 Å².